The predicted molar refractivity (Wildman–Crippen MR) is 196 cm³/mol. The van der Waals surface area contributed by atoms with Crippen LogP contribution < -0.4 is 28.2 Å². The van der Waals surface area contributed by atoms with Gasteiger partial charge >= 0.3 is 5.69 Å². The summed E-state index contributed by atoms with van der Waals surface area (Å²) in [5.74, 6) is -0.206. The topological polar surface area (TPSA) is 173 Å². The van der Waals surface area contributed by atoms with Gasteiger partial charge in [-0.15, -0.1) is 0 Å². The first-order valence-electron chi connectivity index (χ1n) is 16.3. The Hall–Kier alpha value is -3.77. The molecule has 0 unspecified atom stereocenters. The Kier molecular flexibility index (Phi) is 13.7. The minimum absolute atomic E-state index is 0.00256. The van der Waals surface area contributed by atoms with E-state index < -0.39 is 0 Å². The number of halogens is 2. The molecular weight excluding hydrogens is 631 g/mol. The molecule has 0 saturated heterocycles. The summed E-state index contributed by atoms with van der Waals surface area (Å²) in [6.45, 7) is 14.4. The Morgan fingerprint density at radius 3 is 2.35 bits per heavy atom. The second-order valence-electron chi connectivity index (χ2n) is 14.2. The van der Waals surface area contributed by atoms with Crippen LogP contribution in [-0.2, 0) is 23.8 Å². The van der Waals surface area contributed by atoms with Crippen LogP contribution in [0.1, 0.15) is 83.2 Å². The van der Waals surface area contributed by atoms with Crippen LogP contribution in [0.5, 0.6) is 0 Å². The minimum atomic E-state index is -0.329. The zero-order valence-electron chi connectivity index (χ0n) is 29.0. The van der Waals surface area contributed by atoms with Gasteiger partial charge in [0.2, 0.25) is 0 Å². The van der Waals surface area contributed by atoms with Crippen LogP contribution in [0, 0.1) is 5.82 Å². The third-order valence-corrected chi connectivity index (χ3v) is 8.11. The molecule has 262 valence electrons. The number of aliphatic hydroxyl groups is 1. The van der Waals surface area contributed by atoms with Crippen molar-refractivity contribution in [2.75, 3.05) is 19.7 Å². The van der Waals surface area contributed by atoms with Crippen molar-refractivity contribution in [2.45, 2.75) is 90.6 Å². The van der Waals surface area contributed by atoms with Crippen molar-refractivity contribution in [1.29, 1.82) is 0 Å². The third-order valence-electron chi connectivity index (χ3n) is 7.84. The van der Waals surface area contributed by atoms with Crippen molar-refractivity contribution >= 4 is 28.6 Å². The molecule has 0 bridgehead atoms. The molecule has 12 heteroatoms. The molecule has 0 amide bonds. The van der Waals surface area contributed by atoms with Crippen LogP contribution in [0.3, 0.4) is 0 Å². The van der Waals surface area contributed by atoms with E-state index in [4.69, 9.17) is 33.9 Å². The fraction of sp³-hybridized carbons (Fsp3) is 0.472. The van der Waals surface area contributed by atoms with Crippen LogP contribution in [0.4, 0.5) is 4.39 Å². The van der Waals surface area contributed by atoms with Crippen molar-refractivity contribution in [3.05, 3.63) is 92.4 Å². The van der Waals surface area contributed by atoms with Crippen LogP contribution in [-0.4, -0.2) is 51.3 Å². The molecule has 0 saturated carbocycles. The van der Waals surface area contributed by atoms with Gasteiger partial charge in [-0.1, -0.05) is 71.3 Å². The number of aliphatic imine (C=N–C) groups is 1. The highest BCUT2D eigenvalue weighted by molar-refractivity contribution is 6.30. The highest BCUT2D eigenvalue weighted by Gasteiger charge is 2.21. The van der Waals surface area contributed by atoms with Crippen LogP contribution >= 0.6 is 11.6 Å². The van der Waals surface area contributed by atoms with E-state index in [1.54, 1.807) is 10.6 Å². The van der Waals surface area contributed by atoms with Gasteiger partial charge in [-0.25, -0.2) is 9.18 Å². The van der Waals surface area contributed by atoms with Crippen LogP contribution in [0.2, 0.25) is 5.02 Å². The second kappa shape index (κ2) is 17.1. The summed E-state index contributed by atoms with van der Waals surface area (Å²) in [5.41, 5.74) is 20.9. The van der Waals surface area contributed by atoms with Crippen molar-refractivity contribution in [3.63, 3.8) is 0 Å². The van der Waals surface area contributed by atoms with Gasteiger partial charge in [0.1, 0.15) is 11.5 Å². The average Bonchev–Trinajstić information content (AvgIpc) is 3.43. The molecule has 0 aliphatic heterocycles. The number of hydrogen-bond acceptors (Lipinski definition) is 6. The Morgan fingerprint density at radius 2 is 1.75 bits per heavy atom. The Morgan fingerprint density at radius 1 is 1.06 bits per heavy atom. The van der Waals surface area contributed by atoms with E-state index >= 15 is 0 Å². The van der Waals surface area contributed by atoms with Gasteiger partial charge in [-0.05, 0) is 78.6 Å². The molecule has 0 fully saturated rings. The molecule has 9 N–H and O–H groups in total. The smallest absolute Gasteiger partial charge is 0.354 e. The second-order valence-corrected chi connectivity index (χ2v) is 14.6. The summed E-state index contributed by atoms with van der Waals surface area (Å²) in [5, 5.41) is 13.3. The Bertz CT molecular complexity index is 1720. The summed E-state index contributed by atoms with van der Waals surface area (Å²) >= 11 is 5.95. The first-order valence-corrected chi connectivity index (χ1v) is 16.7. The number of fused-ring (bicyclic) bond motifs is 1. The van der Waals surface area contributed by atoms with Crippen LogP contribution in [0.15, 0.2) is 58.4 Å². The van der Waals surface area contributed by atoms with Crippen LogP contribution in [0.25, 0.3) is 16.7 Å². The van der Waals surface area contributed by atoms with Gasteiger partial charge in [-0.3, -0.25) is 9.56 Å². The first-order chi connectivity index (χ1) is 22.5. The van der Waals surface area contributed by atoms with Crippen molar-refractivity contribution in [1.82, 2.24) is 19.9 Å². The third kappa shape index (κ3) is 11.4. The molecule has 4 aromatic rings. The Balaban J connectivity index is 0.000000286. The molecule has 2 aromatic heterocycles. The number of benzene rings is 2. The lowest BCUT2D eigenvalue weighted by molar-refractivity contribution is 0.258. The molecule has 0 aliphatic carbocycles. The zero-order chi connectivity index (χ0) is 35.6. The van der Waals surface area contributed by atoms with E-state index in [0.29, 0.717) is 17.8 Å². The lowest BCUT2D eigenvalue weighted by atomic mass is 9.85. The number of nitrogens with zero attached hydrogens (tertiary/aromatic N) is 3. The summed E-state index contributed by atoms with van der Waals surface area (Å²) in [6.07, 6.45) is 5.10. The summed E-state index contributed by atoms with van der Waals surface area (Å²) in [4.78, 5) is 23.9. The fourth-order valence-corrected chi connectivity index (χ4v) is 5.24. The SMILES string of the molecule is CC(C)(C)c1cc(CCC[C@@H](N)CO)cc(Cl)c1F.CC(C)(C)c1cc2cn(-c3ccc(CNCCCN=C(N)N)cc3)c(=O)nc2[nH]1. The summed E-state index contributed by atoms with van der Waals surface area (Å²) in [6, 6.07) is 13.3. The molecule has 0 spiro atoms. The van der Waals surface area contributed by atoms with E-state index in [0.717, 1.165) is 66.7 Å². The number of hydrogen-bond donors (Lipinski definition) is 6. The van der Waals surface area contributed by atoms with Gasteiger partial charge in [0.05, 0.1) is 17.3 Å². The molecule has 2 heterocycles. The molecule has 2 aromatic carbocycles. The Labute approximate surface area is 288 Å². The predicted octanol–water partition coefficient (Wildman–Crippen LogP) is 5.18. The standard InChI is InChI=1S/C21H29N7O.C15H23ClFNO/c1-21(2,3)17-11-15-13-28(20(29)27-18(15)26-17)16-7-5-14(6-8-16)12-24-9-4-10-25-19(22)23;1-15(2,3)12-7-10(8-13(16)14(12)17)5-4-6-11(18)9-19/h5-8,11,13,24H,4,9-10,12H2,1-3H3,(H4,22,23,25)(H,26,27,29);7-8,11,19H,4-6,9,18H2,1-3H3/t;11-/m.1/s1. The normalized spacial score (nSPS) is 12.5. The maximum Gasteiger partial charge on any atom is 0.354 e. The summed E-state index contributed by atoms with van der Waals surface area (Å²) in [7, 11) is 0. The zero-order valence-corrected chi connectivity index (χ0v) is 29.8. The molecule has 10 nitrogen and oxygen atoms in total. The average molecular weight is 683 g/mol. The molecule has 48 heavy (non-hydrogen) atoms. The van der Waals surface area contributed by atoms with Crippen molar-refractivity contribution in [3.8, 4) is 5.69 Å². The van der Waals surface area contributed by atoms with Gasteiger partial charge in [0.25, 0.3) is 0 Å². The number of nitrogens with one attached hydrogen (secondary N) is 2. The number of aromatic nitrogens is 3. The van der Waals surface area contributed by atoms with E-state index in [1.807, 2.05) is 57.3 Å². The number of nitrogens with two attached hydrogens (primary N) is 3. The van der Waals surface area contributed by atoms with E-state index in [2.05, 4.69) is 47.1 Å². The van der Waals surface area contributed by atoms with E-state index in [1.165, 1.54) is 0 Å². The van der Waals surface area contributed by atoms with Gasteiger partial charge in [-0.2, -0.15) is 4.98 Å². The number of guanidine groups is 1. The van der Waals surface area contributed by atoms with E-state index in [9.17, 15) is 9.18 Å². The van der Waals surface area contributed by atoms with Crippen molar-refractivity contribution in [2.24, 2.45) is 22.2 Å². The van der Waals surface area contributed by atoms with E-state index in [-0.39, 0.29) is 46.0 Å². The first kappa shape index (κ1) is 38.7. The number of aryl methyl sites for hydroxylation is 1. The fourth-order valence-electron chi connectivity index (χ4n) is 5.00. The van der Waals surface area contributed by atoms with Gasteiger partial charge in [0, 0.05) is 41.8 Å². The maximum absolute atomic E-state index is 14.0. The lowest BCUT2D eigenvalue weighted by Crippen LogP contribution is -2.24. The number of rotatable bonds is 12. The largest absolute Gasteiger partial charge is 0.395 e. The highest BCUT2D eigenvalue weighted by Crippen LogP contribution is 2.31. The number of H-pyrrole nitrogens is 1. The quantitative estimate of drug-likeness (QED) is 0.0678. The monoisotopic (exact) mass is 682 g/mol. The molecule has 4 rings (SSSR count). The minimum Gasteiger partial charge on any atom is -0.395 e. The number of aromatic amines is 1. The molecule has 1 atom stereocenters. The highest BCUT2D eigenvalue weighted by atomic mass is 35.5. The molecule has 0 aliphatic rings. The maximum atomic E-state index is 14.0. The molecular formula is C36H52ClFN8O2. The summed E-state index contributed by atoms with van der Waals surface area (Å²) < 4.78 is 15.6. The van der Waals surface area contributed by atoms with Gasteiger partial charge in [0.15, 0.2) is 5.96 Å². The lowest BCUT2D eigenvalue weighted by Gasteiger charge is -2.21. The molecule has 0 radical (unpaired) electrons. The van der Waals surface area contributed by atoms with Gasteiger partial charge < -0.3 is 32.6 Å². The number of aliphatic hydroxyl groups excluding tert-OH is 1. The van der Waals surface area contributed by atoms with Crippen molar-refractivity contribution < 1.29 is 9.50 Å².